The van der Waals surface area contributed by atoms with Crippen molar-refractivity contribution in [2.45, 2.75) is 97.5 Å². The number of carbonyl (C=O) groups is 1. The number of aliphatic hydroxyl groups is 1. The van der Waals surface area contributed by atoms with Gasteiger partial charge in [0.2, 0.25) is 0 Å². The van der Waals surface area contributed by atoms with Crippen LogP contribution < -0.4 is 0 Å². The summed E-state index contributed by atoms with van der Waals surface area (Å²) in [7, 11) is 0. The van der Waals surface area contributed by atoms with Gasteiger partial charge in [-0.15, -0.1) is 5.10 Å². The molecule has 3 aromatic heterocycles. The van der Waals surface area contributed by atoms with Gasteiger partial charge in [-0.1, -0.05) is 26.7 Å². The molecule has 0 bridgehead atoms. The van der Waals surface area contributed by atoms with Gasteiger partial charge in [0.1, 0.15) is 17.2 Å². The molecule has 1 aliphatic heterocycles. The zero-order valence-corrected chi connectivity index (χ0v) is 22.3. The van der Waals surface area contributed by atoms with E-state index in [0.29, 0.717) is 30.9 Å². The Bertz CT molecular complexity index is 1340. The van der Waals surface area contributed by atoms with Crippen LogP contribution in [-0.2, 0) is 35.2 Å². The van der Waals surface area contributed by atoms with Gasteiger partial charge in [0.05, 0.1) is 5.57 Å². The van der Waals surface area contributed by atoms with Crippen molar-refractivity contribution in [3.05, 3.63) is 57.9 Å². The standard InChI is InChI=1S/C28H36N6O3/c1-5-20-14-21(31-24(6-2)30-20)11-12-28(19-9-7-8-10-19)16-23(35)22(26(36)37-28)15-25-32-27-29-17(3)13-18(4)34(27)33-25/h13-14,19,35H,5-12,15-16H2,1-4H3/t28-/m1/s1. The number of ether oxygens (including phenoxy) is 1. The summed E-state index contributed by atoms with van der Waals surface area (Å²) < 4.78 is 7.95. The van der Waals surface area contributed by atoms with Crippen LogP contribution in [0.1, 0.15) is 86.8 Å². The molecule has 196 valence electrons. The minimum atomic E-state index is -0.730. The fourth-order valence-electron chi connectivity index (χ4n) is 5.85. The van der Waals surface area contributed by atoms with Crippen LogP contribution in [-0.4, -0.2) is 46.2 Å². The van der Waals surface area contributed by atoms with Crippen LogP contribution in [0.4, 0.5) is 0 Å². The molecule has 1 atom stereocenters. The molecule has 0 unspecified atom stereocenters. The zero-order chi connectivity index (χ0) is 26.2. The number of cyclic esters (lactones) is 1. The minimum Gasteiger partial charge on any atom is -0.512 e. The van der Waals surface area contributed by atoms with Crippen LogP contribution in [0.25, 0.3) is 5.78 Å². The summed E-state index contributed by atoms with van der Waals surface area (Å²) in [6, 6.07) is 3.98. The molecule has 0 amide bonds. The first kappa shape index (κ1) is 25.3. The van der Waals surface area contributed by atoms with E-state index in [1.807, 2.05) is 19.9 Å². The topological polar surface area (TPSA) is 115 Å². The Hall–Kier alpha value is -3.36. The molecule has 9 nitrogen and oxygen atoms in total. The normalized spacial score (nSPS) is 20.7. The van der Waals surface area contributed by atoms with Crippen molar-refractivity contribution in [1.29, 1.82) is 0 Å². The number of aliphatic hydroxyl groups excluding tert-OH is 1. The van der Waals surface area contributed by atoms with Crippen LogP contribution in [0.2, 0.25) is 0 Å². The number of fused-ring (bicyclic) bond motifs is 1. The quantitative estimate of drug-likeness (QED) is 0.445. The van der Waals surface area contributed by atoms with Gasteiger partial charge in [-0.3, -0.25) is 0 Å². The van der Waals surface area contributed by atoms with Crippen LogP contribution in [0, 0.1) is 19.8 Å². The van der Waals surface area contributed by atoms with Gasteiger partial charge in [-0.25, -0.2) is 24.3 Å². The third-order valence-corrected chi connectivity index (χ3v) is 7.81. The first-order valence-electron chi connectivity index (χ1n) is 13.5. The summed E-state index contributed by atoms with van der Waals surface area (Å²) >= 11 is 0. The summed E-state index contributed by atoms with van der Waals surface area (Å²) in [6.45, 7) is 7.99. The Morgan fingerprint density at radius 2 is 1.78 bits per heavy atom. The molecule has 9 heteroatoms. The predicted molar refractivity (Wildman–Crippen MR) is 138 cm³/mol. The van der Waals surface area contributed by atoms with E-state index < -0.39 is 11.6 Å². The number of nitrogens with zero attached hydrogens (tertiary/aromatic N) is 6. The summed E-state index contributed by atoms with van der Waals surface area (Å²) in [6.07, 6.45) is 7.58. The largest absolute Gasteiger partial charge is 0.512 e. The van der Waals surface area contributed by atoms with E-state index in [4.69, 9.17) is 9.72 Å². The number of esters is 1. The van der Waals surface area contributed by atoms with Gasteiger partial charge in [0.15, 0.2) is 5.82 Å². The molecule has 0 saturated heterocycles. The first-order valence-corrected chi connectivity index (χ1v) is 13.5. The molecule has 1 saturated carbocycles. The van der Waals surface area contributed by atoms with E-state index in [1.165, 1.54) is 0 Å². The van der Waals surface area contributed by atoms with Crippen LogP contribution in [0.15, 0.2) is 23.5 Å². The van der Waals surface area contributed by atoms with E-state index in [-0.39, 0.29) is 23.7 Å². The lowest BCUT2D eigenvalue weighted by Gasteiger charge is -2.41. The van der Waals surface area contributed by atoms with Crippen molar-refractivity contribution in [2.75, 3.05) is 0 Å². The SMILES string of the molecule is CCc1cc(CC[C@]2(C3CCCC3)CC(O)=C(Cc3nc4nc(C)cc(C)n4n3)C(=O)O2)nc(CC)n1. The molecule has 1 aliphatic carbocycles. The van der Waals surface area contributed by atoms with Crippen molar-refractivity contribution in [3.63, 3.8) is 0 Å². The molecule has 37 heavy (non-hydrogen) atoms. The second kappa shape index (κ2) is 10.2. The third kappa shape index (κ3) is 5.08. The molecule has 4 heterocycles. The van der Waals surface area contributed by atoms with Gasteiger partial charge < -0.3 is 9.84 Å². The highest BCUT2D eigenvalue weighted by molar-refractivity contribution is 5.90. The molecule has 1 fully saturated rings. The van der Waals surface area contributed by atoms with Gasteiger partial charge >= 0.3 is 5.97 Å². The monoisotopic (exact) mass is 504 g/mol. The summed E-state index contributed by atoms with van der Waals surface area (Å²) in [5, 5.41) is 15.7. The Morgan fingerprint density at radius 1 is 1.03 bits per heavy atom. The zero-order valence-electron chi connectivity index (χ0n) is 22.3. The van der Waals surface area contributed by atoms with E-state index in [1.54, 1.807) is 4.52 Å². The number of carbonyl (C=O) groups excluding carboxylic acids is 1. The highest BCUT2D eigenvalue weighted by Crippen LogP contribution is 2.46. The minimum absolute atomic E-state index is 0.0917. The summed E-state index contributed by atoms with van der Waals surface area (Å²) in [5.41, 5.74) is 3.27. The molecule has 0 aromatic carbocycles. The third-order valence-electron chi connectivity index (χ3n) is 7.81. The molecule has 2 aliphatic rings. The molecular weight excluding hydrogens is 468 g/mol. The first-order chi connectivity index (χ1) is 17.8. The number of hydrogen-bond donors (Lipinski definition) is 1. The van der Waals surface area contributed by atoms with Crippen LogP contribution in [0.3, 0.4) is 0 Å². The maximum absolute atomic E-state index is 13.4. The van der Waals surface area contributed by atoms with Gasteiger partial charge in [-0.05, 0) is 64.0 Å². The predicted octanol–water partition coefficient (Wildman–Crippen LogP) is 4.52. The van der Waals surface area contributed by atoms with Crippen molar-refractivity contribution in [2.24, 2.45) is 5.92 Å². The average Bonchev–Trinajstić information content (AvgIpc) is 3.55. The van der Waals surface area contributed by atoms with E-state index in [2.05, 4.69) is 40.0 Å². The Kier molecular flexibility index (Phi) is 6.96. The van der Waals surface area contributed by atoms with Crippen LogP contribution in [0.5, 0.6) is 0 Å². The summed E-state index contributed by atoms with van der Waals surface area (Å²) in [5.74, 6) is 1.61. The lowest BCUT2D eigenvalue weighted by Crippen LogP contribution is -2.46. The molecule has 1 N–H and O–H groups in total. The molecule has 0 spiro atoms. The fraction of sp³-hybridized carbons (Fsp3) is 0.571. The fourth-order valence-corrected chi connectivity index (χ4v) is 5.85. The van der Waals surface area contributed by atoms with Gasteiger partial charge in [0, 0.05) is 42.0 Å². The van der Waals surface area contributed by atoms with Crippen molar-refractivity contribution >= 4 is 11.7 Å². The molecule has 3 aromatic rings. The second-order valence-corrected chi connectivity index (χ2v) is 10.5. The van der Waals surface area contributed by atoms with E-state index >= 15 is 0 Å². The maximum atomic E-state index is 13.4. The smallest absolute Gasteiger partial charge is 0.338 e. The highest BCUT2D eigenvalue weighted by atomic mass is 16.6. The lowest BCUT2D eigenvalue weighted by atomic mass is 9.76. The second-order valence-electron chi connectivity index (χ2n) is 10.5. The average molecular weight is 505 g/mol. The lowest BCUT2D eigenvalue weighted by molar-refractivity contribution is -0.167. The van der Waals surface area contributed by atoms with Gasteiger partial charge in [-0.2, -0.15) is 4.98 Å². The molecular formula is C28H36N6O3. The van der Waals surface area contributed by atoms with E-state index in [9.17, 15) is 9.90 Å². The number of aromatic nitrogens is 6. The number of rotatable bonds is 8. The van der Waals surface area contributed by atoms with Crippen molar-refractivity contribution < 1.29 is 14.6 Å². The maximum Gasteiger partial charge on any atom is 0.338 e. The van der Waals surface area contributed by atoms with E-state index in [0.717, 1.165) is 67.1 Å². The van der Waals surface area contributed by atoms with Crippen molar-refractivity contribution in [3.8, 4) is 0 Å². The molecule has 5 rings (SSSR count). The van der Waals surface area contributed by atoms with Crippen LogP contribution >= 0.6 is 0 Å². The Labute approximate surface area is 217 Å². The Morgan fingerprint density at radius 3 is 2.49 bits per heavy atom. The molecule has 0 radical (unpaired) electrons. The highest BCUT2D eigenvalue weighted by Gasteiger charge is 2.48. The number of hydrogen-bond acceptors (Lipinski definition) is 8. The number of aryl methyl sites for hydroxylation is 5. The Balaban J connectivity index is 1.41. The van der Waals surface area contributed by atoms with Gasteiger partial charge in [0.25, 0.3) is 5.78 Å². The van der Waals surface area contributed by atoms with Crippen molar-refractivity contribution in [1.82, 2.24) is 29.5 Å². The summed E-state index contributed by atoms with van der Waals surface area (Å²) in [4.78, 5) is 31.6.